The van der Waals surface area contributed by atoms with Crippen LogP contribution >= 0.6 is 23.1 Å². The molecule has 0 unspecified atom stereocenters. The molecule has 28 heavy (non-hydrogen) atoms. The molecule has 0 aliphatic rings. The van der Waals surface area contributed by atoms with Gasteiger partial charge in [-0.3, -0.25) is 4.79 Å². The van der Waals surface area contributed by atoms with E-state index in [9.17, 15) is 4.79 Å². The first-order chi connectivity index (χ1) is 13.5. The number of thioether (sulfide) groups is 1. The number of benzene rings is 1. The van der Waals surface area contributed by atoms with Crippen molar-refractivity contribution in [1.82, 2.24) is 20.0 Å². The van der Waals surface area contributed by atoms with Gasteiger partial charge < -0.3 is 10.6 Å². The predicted molar refractivity (Wildman–Crippen MR) is 116 cm³/mol. The summed E-state index contributed by atoms with van der Waals surface area (Å²) >= 11 is 2.82. The quantitative estimate of drug-likeness (QED) is 0.516. The lowest BCUT2D eigenvalue weighted by atomic mass is 10.1. The topological polar surface area (TPSA) is 84.7 Å². The summed E-state index contributed by atoms with van der Waals surface area (Å²) in [6.07, 6.45) is 2.70. The first-order valence-electron chi connectivity index (χ1n) is 9.16. The van der Waals surface area contributed by atoms with Gasteiger partial charge in [-0.1, -0.05) is 42.2 Å². The molecule has 2 heterocycles. The van der Waals surface area contributed by atoms with Gasteiger partial charge in [-0.05, 0) is 44.9 Å². The van der Waals surface area contributed by atoms with Crippen molar-refractivity contribution in [3.05, 3.63) is 42.1 Å². The summed E-state index contributed by atoms with van der Waals surface area (Å²) in [4.78, 5) is 12.5. The van der Waals surface area contributed by atoms with E-state index in [1.165, 1.54) is 28.7 Å². The minimum Gasteiger partial charge on any atom is -0.330 e. The molecule has 2 N–H and O–H groups in total. The van der Waals surface area contributed by atoms with Crippen LogP contribution in [-0.4, -0.2) is 31.1 Å². The third-order valence-electron chi connectivity index (χ3n) is 4.08. The number of hydrogen-bond acceptors (Lipinski definition) is 7. The predicted octanol–water partition coefficient (Wildman–Crippen LogP) is 4.74. The molecule has 0 radical (unpaired) electrons. The van der Waals surface area contributed by atoms with Gasteiger partial charge in [0.25, 0.3) is 0 Å². The third kappa shape index (κ3) is 5.11. The van der Waals surface area contributed by atoms with Crippen molar-refractivity contribution >= 4 is 45.6 Å². The Morgan fingerprint density at radius 1 is 1.18 bits per heavy atom. The van der Waals surface area contributed by atoms with E-state index in [4.69, 9.17) is 0 Å². The second-order valence-electron chi connectivity index (χ2n) is 6.55. The number of anilines is 3. The maximum Gasteiger partial charge on any atom is 0.238 e. The van der Waals surface area contributed by atoms with Crippen molar-refractivity contribution in [2.75, 3.05) is 10.6 Å². The summed E-state index contributed by atoms with van der Waals surface area (Å²) in [6, 6.07) is 10.2. The standard InChI is InChI=1S/C19H24N6OS2/c1-5-14-6-8-15(9-7-14)21-18-23-24-19(28-18)27-13(4)17(26)22-16-10-11-20-25(16)12(2)3/h6-13H,5H2,1-4H3,(H,21,23)(H,22,26)/t13-/m1/s1. The van der Waals surface area contributed by atoms with E-state index in [0.717, 1.165) is 16.4 Å². The number of aryl methyl sites for hydroxylation is 1. The Hall–Kier alpha value is -2.39. The molecule has 148 valence electrons. The highest BCUT2D eigenvalue weighted by atomic mass is 32.2. The molecule has 0 saturated heterocycles. The Labute approximate surface area is 173 Å². The van der Waals surface area contributed by atoms with Gasteiger partial charge in [-0.25, -0.2) is 4.68 Å². The van der Waals surface area contributed by atoms with Crippen LogP contribution < -0.4 is 10.6 Å². The fourth-order valence-electron chi connectivity index (χ4n) is 2.51. The number of hydrogen-bond donors (Lipinski definition) is 2. The summed E-state index contributed by atoms with van der Waals surface area (Å²) in [5.74, 6) is 0.606. The molecule has 0 spiro atoms. The van der Waals surface area contributed by atoms with Crippen LogP contribution in [0.25, 0.3) is 0 Å². The molecule has 1 atom stereocenters. The summed E-state index contributed by atoms with van der Waals surface area (Å²) in [5, 5.41) is 19.2. The first-order valence-corrected chi connectivity index (χ1v) is 10.9. The molecule has 0 aliphatic heterocycles. The summed E-state index contributed by atoms with van der Waals surface area (Å²) < 4.78 is 2.53. The molecule has 7 nitrogen and oxygen atoms in total. The van der Waals surface area contributed by atoms with Gasteiger partial charge >= 0.3 is 0 Å². The van der Waals surface area contributed by atoms with E-state index in [0.29, 0.717) is 10.9 Å². The van der Waals surface area contributed by atoms with Gasteiger partial charge in [0.2, 0.25) is 11.0 Å². The van der Waals surface area contributed by atoms with E-state index in [-0.39, 0.29) is 17.2 Å². The number of carbonyl (C=O) groups excluding carboxylic acids is 1. The second kappa shape index (κ2) is 9.20. The molecule has 0 fully saturated rings. The number of aromatic nitrogens is 4. The molecule has 0 bridgehead atoms. The van der Waals surface area contributed by atoms with Crippen LogP contribution in [0.2, 0.25) is 0 Å². The minimum absolute atomic E-state index is 0.0905. The van der Waals surface area contributed by atoms with Gasteiger partial charge in [0, 0.05) is 17.8 Å². The van der Waals surface area contributed by atoms with Crippen molar-refractivity contribution < 1.29 is 4.79 Å². The van der Waals surface area contributed by atoms with Crippen LogP contribution in [-0.2, 0) is 11.2 Å². The maximum atomic E-state index is 12.5. The molecule has 3 rings (SSSR count). The van der Waals surface area contributed by atoms with Gasteiger partial charge in [-0.2, -0.15) is 5.10 Å². The van der Waals surface area contributed by atoms with Crippen molar-refractivity contribution in [3.8, 4) is 0 Å². The van der Waals surface area contributed by atoms with Crippen LogP contribution in [0.3, 0.4) is 0 Å². The van der Waals surface area contributed by atoms with Crippen LogP contribution in [0.5, 0.6) is 0 Å². The average Bonchev–Trinajstić information content (AvgIpc) is 3.31. The lowest BCUT2D eigenvalue weighted by Gasteiger charge is -2.14. The molecule has 0 saturated carbocycles. The van der Waals surface area contributed by atoms with Crippen molar-refractivity contribution in [3.63, 3.8) is 0 Å². The van der Waals surface area contributed by atoms with E-state index < -0.39 is 0 Å². The smallest absolute Gasteiger partial charge is 0.238 e. The highest BCUT2D eigenvalue weighted by Gasteiger charge is 2.19. The number of carbonyl (C=O) groups is 1. The summed E-state index contributed by atoms with van der Waals surface area (Å²) in [5.41, 5.74) is 2.26. The minimum atomic E-state index is -0.305. The van der Waals surface area contributed by atoms with E-state index >= 15 is 0 Å². The third-order valence-corrected chi connectivity index (χ3v) is 6.10. The highest BCUT2D eigenvalue weighted by molar-refractivity contribution is 8.02. The van der Waals surface area contributed by atoms with Crippen LogP contribution in [0.15, 0.2) is 40.9 Å². The van der Waals surface area contributed by atoms with Crippen molar-refractivity contribution in [2.45, 2.75) is 49.7 Å². The molecule has 9 heteroatoms. The van der Waals surface area contributed by atoms with Crippen LogP contribution in [0, 0.1) is 0 Å². The van der Waals surface area contributed by atoms with Crippen LogP contribution in [0.4, 0.5) is 16.6 Å². The first kappa shape index (κ1) is 20.3. The zero-order chi connectivity index (χ0) is 20.1. The Morgan fingerprint density at radius 3 is 2.61 bits per heavy atom. The molecule has 0 aliphatic carbocycles. The van der Waals surface area contributed by atoms with Crippen molar-refractivity contribution in [2.24, 2.45) is 0 Å². The van der Waals surface area contributed by atoms with Crippen LogP contribution in [0.1, 0.15) is 39.3 Å². The molecule has 2 aromatic heterocycles. The van der Waals surface area contributed by atoms with Crippen molar-refractivity contribution in [1.29, 1.82) is 0 Å². The summed E-state index contributed by atoms with van der Waals surface area (Å²) in [7, 11) is 0. The molecular formula is C19H24N6OS2. The number of amides is 1. The second-order valence-corrected chi connectivity index (χ2v) is 9.12. The number of nitrogens with one attached hydrogen (secondary N) is 2. The molecule has 1 amide bonds. The number of rotatable bonds is 8. The van der Waals surface area contributed by atoms with E-state index in [1.54, 1.807) is 16.9 Å². The molecule has 3 aromatic rings. The zero-order valence-corrected chi connectivity index (χ0v) is 18.0. The Bertz CT molecular complexity index is 919. The van der Waals surface area contributed by atoms with Gasteiger partial charge in [0.05, 0.1) is 11.4 Å². The van der Waals surface area contributed by atoms with Gasteiger partial charge in [0.15, 0.2) is 4.34 Å². The lowest BCUT2D eigenvalue weighted by molar-refractivity contribution is -0.115. The Balaban J connectivity index is 1.57. The largest absolute Gasteiger partial charge is 0.330 e. The van der Waals surface area contributed by atoms with E-state index in [2.05, 4.69) is 45.0 Å². The summed E-state index contributed by atoms with van der Waals surface area (Å²) in [6.45, 7) is 8.03. The van der Waals surface area contributed by atoms with Gasteiger partial charge in [0.1, 0.15) is 5.82 Å². The maximum absolute atomic E-state index is 12.5. The monoisotopic (exact) mass is 416 g/mol. The normalized spacial score (nSPS) is 12.2. The molecule has 1 aromatic carbocycles. The Morgan fingerprint density at radius 2 is 1.93 bits per heavy atom. The molecular weight excluding hydrogens is 392 g/mol. The van der Waals surface area contributed by atoms with E-state index in [1.807, 2.05) is 32.9 Å². The van der Waals surface area contributed by atoms with Gasteiger partial charge in [-0.15, -0.1) is 10.2 Å². The SMILES string of the molecule is CCc1ccc(Nc2nnc(S[C@H](C)C(=O)Nc3ccnn3C(C)C)s2)cc1. The average molecular weight is 417 g/mol. The fraction of sp³-hybridized carbons (Fsp3) is 0.368. The lowest BCUT2D eigenvalue weighted by Crippen LogP contribution is -2.24. The number of nitrogens with zero attached hydrogens (tertiary/aromatic N) is 4. The highest BCUT2D eigenvalue weighted by Crippen LogP contribution is 2.31. The zero-order valence-electron chi connectivity index (χ0n) is 16.3. The Kier molecular flexibility index (Phi) is 6.69. The fourth-order valence-corrected chi connectivity index (χ4v) is 4.43.